The molecule has 0 unspecified atom stereocenters. The lowest BCUT2D eigenvalue weighted by Gasteiger charge is -2.13. The molecular weight excluding hydrogens is 472 g/mol. The molecule has 0 saturated heterocycles. The largest absolute Gasteiger partial charge is 0.460 e. The third-order valence-corrected chi connectivity index (χ3v) is 6.80. The smallest absolute Gasteiger partial charge is 0.338 e. The van der Waals surface area contributed by atoms with Gasteiger partial charge >= 0.3 is 5.97 Å². The van der Waals surface area contributed by atoms with Crippen LogP contribution in [0.4, 0.5) is 0 Å². The van der Waals surface area contributed by atoms with E-state index in [0.29, 0.717) is 12.2 Å². The van der Waals surface area contributed by atoms with Crippen LogP contribution >= 0.6 is 0 Å². The van der Waals surface area contributed by atoms with Crippen LogP contribution in [0.1, 0.15) is 94.5 Å². The van der Waals surface area contributed by atoms with E-state index in [-0.39, 0.29) is 18.7 Å². The molecule has 0 saturated carbocycles. The van der Waals surface area contributed by atoms with Gasteiger partial charge in [0.2, 0.25) is 0 Å². The van der Waals surface area contributed by atoms with Gasteiger partial charge in [0.25, 0.3) is 0 Å². The molecule has 5 nitrogen and oxygen atoms in total. The van der Waals surface area contributed by atoms with Crippen molar-refractivity contribution in [2.24, 2.45) is 0 Å². The highest BCUT2D eigenvalue weighted by atomic mass is 16.6. The molecule has 0 aliphatic rings. The van der Waals surface area contributed by atoms with Crippen LogP contribution in [-0.4, -0.2) is 35.3 Å². The van der Waals surface area contributed by atoms with Gasteiger partial charge in [-0.05, 0) is 55.0 Å². The number of ether oxygens (including phenoxy) is 2. The Bertz CT molecular complexity index is 1060. The zero-order chi connectivity index (χ0) is 27.0. The average molecular weight is 517 g/mol. The maximum atomic E-state index is 12.4. The standard InChI is InChI=1S/C33H44N2O3/c1-4-6-8-9-11-13-27-24-34-32(35-25-27)30-18-14-28(15-19-30)29-16-20-31(21-17-29)33(36)38-23-22-37-26(3)12-10-7-5-2/h14-21,24-26H,4-13,22-23H2,1-3H3/t26-/m0/s1. The molecule has 0 spiro atoms. The summed E-state index contributed by atoms with van der Waals surface area (Å²) in [5, 5.41) is 0. The van der Waals surface area contributed by atoms with Crippen molar-refractivity contribution in [3.63, 3.8) is 0 Å². The van der Waals surface area contributed by atoms with Gasteiger partial charge in [-0.2, -0.15) is 0 Å². The molecular formula is C33H44N2O3. The van der Waals surface area contributed by atoms with Crippen molar-refractivity contribution in [2.75, 3.05) is 13.2 Å². The van der Waals surface area contributed by atoms with Crippen LogP contribution in [0.5, 0.6) is 0 Å². The average Bonchev–Trinajstić information content (AvgIpc) is 2.96. The second-order valence-corrected chi connectivity index (χ2v) is 10.0. The van der Waals surface area contributed by atoms with Crippen LogP contribution in [0.3, 0.4) is 0 Å². The number of aryl methyl sites for hydroxylation is 1. The van der Waals surface area contributed by atoms with Gasteiger partial charge in [-0.3, -0.25) is 0 Å². The highest BCUT2D eigenvalue weighted by Crippen LogP contribution is 2.24. The number of carbonyl (C=O) groups is 1. The van der Waals surface area contributed by atoms with Crippen LogP contribution in [0, 0.1) is 0 Å². The molecule has 1 heterocycles. The highest BCUT2D eigenvalue weighted by molar-refractivity contribution is 5.90. The van der Waals surface area contributed by atoms with Crippen molar-refractivity contribution in [2.45, 2.75) is 91.1 Å². The van der Waals surface area contributed by atoms with Gasteiger partial charge in [0, 0.05) is 18.0 Å². The molecule has 1 atom stereocenters. The van der Waals surface area contributed by atoms with E-state index in [0.717, 1.165) is 35.4 Å². The van der Waals surface area contributed by atoms with Crippen LogP contribution in [-0.2, 0) is 15.9 Å². The predicted molar refractivity (Wildman–Crippen MR) is 155 cm³/mol. The number of hydrogen-bond donors (Lipinski definition) is 0. The lowest BCUT2D eigenvalue weighted by Crippen LogP contribution is -2.15. The molecule has 1 aromatic heterocycles. The Kier molecular flexibility index (Phi) is 13.0. The minimum absolute atomic E-state index is 0.196. The van der Waals surface area contributed by atoms with E-state index in [4.69, 9.17) is 9.47 Å². The number of rotatable bonds is 17. The first-order valence-electron chi connectivity index (χ1n) is 14.4. The van der Waals surface area contributed by atoms with Gasteiger partial charge in [0.15, 0.2) is 5.82 Å². The number of unbranched alkanes of at least 4 members (excludes halogenated alkanes) is 6. The number of aromatic nitrogens is 2. The summed E-state index contributed by atoms with van der Waals surface area (Å²) in [5.74, 6) is 0.416. The van der Waals surface area contributed by atoms with Crippen molar-refractivity contribution in [3.05, 3.63) is 72.1 Å². The third kappa shape index (κ3) is 10.0. The minimum atomic E-state index is -0.323. The summed E-state index contributed by atoms with van der Waals surface area (Å²) < 4.78 is 11.1. The SMILES string of the molecule is CCCCCCCc1cnc(-c2ccc(-c3ccc(C(=O)OCCO[C@@H](C)CCCCC)cc3)cc2)nc1. The van der Waals surface area contributed by atoms with Gasteiger partial charge < -0.3 is 9.47 Å². The molecule has 2 aromatic carbocycles. The van der Waals surface area contributed by atoms with Crippen LogP contribution in [0.15, 0.2) is 60.9 Å². The summed E-state index contributed by atoms with van der Waals surface area (Å²) in [6.07, 6.45) is 16.2. The van der Waals surface area contributed by atoms with Crippen LogP contribution in [0.25, 0.3) is 22.5 Å². The fourth-order valence-electron chi connectivity index (χ4n) is 4.41. The quantitative estimate of drug-likeness (QED) is 0.133. The Morgan fingerprint density at radius 2 is 1.32 bits per heavy atom. The van der Waals surface area contributed by atoms with Crippen LogP contribution < -0.4 is 0 Å². The third-order valence-electron chi connectivity index (χ3n) is 6.80. The highest BCUT2D eigenvalue weighted by Gasteiger charge is 2.09. The van der Waals surface area contributed by atoms with Crippen molar-refractivity contribution in [1.29, 1.82) is 0 Å². The first-order chi connectivity index (χ1) is 18.6. The molecule has 0 aliphatic heterocycles. The Balaban J connectivity index is 1.45. The predicted octanol–water partition coefficient (Wildman–Crippen LogP) is 8.47. The summed E-state index contributed by atoms with van der Waals surface area (Å²) in [4.78, 5) is 21.5. The molecule has 0 aliphatic carbocycles. The molecule has 0 N–H and O–H groups in total. The van der Waals surface area contributed by atoms with Gasteiger partial charge in [0.05, 0.1) is 18.3 Å². The van der Waals surface area contributed by atoms with Crippen molar-refractivity contribution < 1.29 is 14.3 Å². The van der Waals surface area contributed by atoms with Gasteiger partial charge in [-0.25, -0.2) is 14.8 Å². The topological polar surface area (TPSA) is 61.3 Å². The maximum absolute atomic E-state index is 12.4. The van der Waals surface area contributed by atoms with Crippen molar-refractivity contribution in [3.8, 4) is 22.5 Å². The Labute approximate surface area is 229 Å². The summed E-state index contributed by atoms with van der Waals surface area (Å²) in [6, 6.07) is 15.7. The fraction of sp³-hybridized carbons (Fsp3) is 0.485. The monoisotopic (exact) mass is 516 g/mol. The molecule has 3 rings (SSSR count). The number of carbonyl (C=O) groups excluding carboxylic acids is 1. The number of benzene rings is 2. The van der Waals surface area contributed by atoms with E-state index < -0.39 is 0 Å². The Morgan fingerprint density at radius 3 is 1.97 bits per heavy atom. The molecule has 3 aromatic rings. The molecule has 0 fully saturated rings. The van der Waals surface area contributed by atoms with Gasteiger partial charge in [-0.1, -0.05) is 95.2 Å². The first-order valence-corrected chi connectivity index (χ1v) is 14.4. The number of esters is 1. The van der Waals surface area contributed by atoms with E-state index in [9.17, 15) is 4.79 Å². The molecule has 0 radical (unpaired) electrons. The Hall–Kier alpha value is -3.05. The lowest BCUT2D eigenvalue weighted by atomic mass is 10.0. The second-order valence-electron chi connectivity index (χ2n) is 10.0. The fourth-order valence-corrected chi connectivity index (χ4v) is 4.41. The normalized spacial score (nSPS) is 11.9. The van der Waals surface area contributed by atoms with Gasteiger partial charge in [0.1, 0.15) is 6.61 Å². The van der Waals surface area contributed by atoms with E-state index in [1.807, 2.05) is 48.8 Å². The molecule has 204 valence electrons. The van der Waals surface area contributed by atoms with Gasteiger partial charge in [-0.15, -0.1) is 0 Å². The van der Waals surface area contributed by atoms with Crippen molar-refractivity contribution >= 4 is 5.97 Å². The Morgan fingerprint density at radius 1 is 0.737 bits per heavy atom. The summed E-state index contributed by atoms with van der Waals surface area (Å²) in [6.45, 7) is 7.20. The first kappa shape index (κ1) is 29.5. The van der Waals surface area contributed by atoms with Crippen molar-refractivity contribution in [1.82, 2.24) is 9.97 Å². The molecule has 5 heteroatoms. The number of nitrogens with zero attached hydrogens (tertiary/aromatic N) is 2. The molecule has 0 bridgehead atoms. The molecule has 38 heavy (non-hydrogen) atoms. The second kappa shape index (κ2) is 16.7. The summed E-state index contributed by atoms with van der Waals surface area (Å²) in [7, 11) is 0. The van der Waals surface area contributed by atoms with E-state index in [1.165, 1.54) is 56.9 Å². The maximum Gasteiger partial charge on any atom is 0.338 e. The minimum Gasteiger partial charge on any atom is -0.460 e. The van der Waals surface area contributed by atoms with E-state index in [2.05, 4.69) is 42.9 Å². The number of hydrogen-bond acceptors (Lipinski definition) is 5. The van der Waals surface area contributed by atoms with E-state index >= 15 is 0 Å². The van der Waals surface area contributed by atoms with E-state index in [1.54, 1.807) is 0 Å². The zero-order valence-corrected chi connectivity index (χ0v) is 23.5. The zero-order valence-electron chi connectivity index (χ0n) is 23.5. The molecule has 0 amide bonds. The summed E-state index contributed by atoms with van der Waals surface area (Å²) >= 11 is 0. The van der Waals surface area contributed by atoms with Crippen LogP contribution in [0.2, 0.25) is 0 Å². The summed E-state index contributed by atoms with van der Waals surface area (Å²) in [5.41, 5.74) is 4.84. The lowest BCUT2D eigenvalue weighted by molar-refractivity contribution is 0.0100.